The van der Waals surface area contributed by atoms with Crippen molar-refractivity contribution in [1.82, 2.24) is 10.3 Å². The first kappa shape index (κ1) is 16.0. The Hall–Kier alpha value is -1.39. The fourth-order valence-corrected chi connectivity index (χ4v) is 2.15. The third-order valence-corrected chi connectivity index (χ3v) is 3.45. The van der Waals surface area contributed by atoms with Gasteiger partial charge in [0.05, 0.1) is 11.4 Å². The zero-order valence-corrected chi connectivity index (χ0v) is 14.1. The molecule has 2 rings (SSSR count). The average molecular weight is 349 g/mol. The molecule has 1 aromatic carbocycles. The van der Waals surface area contributed by atoms with Gasteiger partial charge in [0.25, 0.3) is 0 Å². The van der Waals surface area contributed by atoms with E-state index < -0.39 is 0 Å². The highest BCUT2D eigenvalue weighted by molar-refractivity contribution is 9.10. The summed E-state index contributed by atoms with van der Waals surface area (Å²) in [7, 11) is 0. The second-order valence-corrected chi connectivity index (χ2v) is 6.30. The van der Waals surface area contributed by atoms with E-state index in [2.05, 4.69) is 40.1 Å². The Balaban J connectivity index is 1.87. The molecular formula is C17H21BrN2O. The number of pyridine rings is 1. The van der Waals surface area contributed by atoms with E-state index in [0.29, 0.717) is 12.5 Å². The van der Waals surface area contributed by atoms with Gasteiger partial charge in [-0.1, -0.05) is 35.8 Å². The smallest absolute Gasteiger partial charge is 0.130 e. The molecule has 3 nitrogen and oxygen atoms in total. The van der Waals surface area contributed by atoms with E-state index in [-0.39, 0.29) is 0 Å². The van der Waals surface area contributed by atoms with Crippen LogP contribution in [0.1, 0.15) is 25.2 Å². The molecule has 0 fully saturated rings. The first-order valence-corrected chi connectivity index (χ1v) is 7.96. The van der Waals surface area contributed by atoms with Gasteiger partial charge >= 0.3 is 0 Å². The SMILES string of the molecule is CC(C)CNCc1cccc(COc2ccc(Br)cc2)n1. The van der Waals surface area contributed by atoms with Gasteiger partial charge in [0.2, 0.25) is 0 Å². The zero-order valence-electron chi connectivity index (χ0n) is 12.5. The summed E-state index contributed by atoms with van der Waals surface area (Å²) in [5, 5.41) is 3.40. The monoisotopic (exact) mass is 348 g/mol. The summed E-state index contributed by atoms with van der Waals surface area (Å²) >= 11 is 3.41. The molecular weight excluding hydrogens is 328 g/mol. The van der Waals surface area contributed by atoms with Gasteiger partial charge < -0.3 is 10.1 Å². The van der Waals surface area contributed by atoms with E-state index in [0.717, 1.165) is 34.7 Å². The highest BCUT2D eigenvalue weighted by Gasteiger charge is 2.01. The summed E-state index contributed by atoms with van der Waals surface area (Å²) in [5.41, 5.74) is 1.99. The second-order valence-electron chi connectivity index (χ2n) is 5.39. The van der Waals surface area contributed by atoms with Crippen molar-refractivity contribution in [2.75, 3.05) is 6.54 Å². The van der Waals surface area contributed by atoms with Crippen LogP contribution < -0.4 is 10.1 Å². The maximum Gasteiger partial charge on any atom is 0.130 e. The van der Waals surface area contributed by atoms with Crippen molar-refractivity contribution in [3.63, 3.8) is 0 Å². The normalized spacial score (nSPS) is 10.9. The standard InChI is InChI=1S/C17H21BrN2O/c1-13(2)10-19-11-15-4-3-5-16(20-15)12-21-17-8-6-14(18)7-9-17/h3-9,13,19H,10-12H2,1-2H3. The van der Waals surface area contributed by atoms with Gasteiger partial charge in [-0.25, -0.2) is 0 Å². The number of nitrogens with one attached hydrogen (secondary N) is 1. The van der Waals surface area contributed by atoms with E-state index in [1.54, 1.807) is 0 Å². The molecule has 0 unspecified atom stereocenters. The third kappa shape index (κ3) is 5.86. The van der Waals surface area contributed by atoms with Gasteiger partial charge in [-0.15, -0.1) is 0 Å². The van der Waals surface area contributed by atoms with Crippen molar-refractivity contribution >= 4 is 15.9 Å². The molecule has 0 aliphatic carbocycles. The number of aromatic nitrogens is 1. The Bertz CT molecular complexity index is 555. The summed E-state index contributed by atoms with van der Waals surface area (Å²) in [6.07, 6.45) is 0. The number of ether oxygens (including phenoxy) is 1. The summed E-state index contributed by atoms with van der Waals surface area (Å²) in [4.78, 5) is 4.61. The predicted molar refractivity (Wildman–Crippen MR) is 89.3 cm³/mol. The van der Waals surface area contributed by atoms with Crippen LogP contribution in [0.15, 0.2) is 46.9 Å². The molecule has 0 aliphatic heterocycles. The van der Waals surface area contributed by atoms with Gasteiger partial charge in [-0.2, -0.15) is 0 Å². The quantitative estimate of drug-likeness (QED) is 0.815. The molecule has 0 radical (unpaired) electrons. The molecule has 2 aromatic rings. The van der Waals surface area contributed by atoms with Crippen molar-refractivity contribution in [3.8, 4) is 5.75 Å². The molecule has 0 saturated carbocycles. The molecule has 0 amide bonds. The lowest BCUT2D eigenvalue weighted by atomic mass is 10.2. The molecule has 0 saturated heterocycles. The minimum atomic E-state index is 0.486. The fraction of sp³-hybridized carbons (Fsp3) is 0.353. The van der Waals surface area contributed by atoms with Crippen LogP contribution in [0.25, 0.3) is 0 Å². The number of hydrogen-bond donors (Lipinski definition) is 1. The van der Waals surface area contributed by atoms with Crippen LogP contribution in [-0.4, -0.2) is 11.5 Å². The number of halogens is 1. The molecule has 0 bridgehead atoms. The molecule has 1 N–H and O–H groups in total. The lowest BCUT2D eigenvalue weighted by Crippen LogP contribution is -2.19. The minimum Gasteiger partial charge on any atom is -0.487 e. The van der Waals surface area contributed by atoms with Crippen molar-refractivity contribution in [3.05, 3.63) is 58.3 Å². The topological polar surface area (TPSA) is 34.1 Å². The molecule has 4 heteroatoms. The first-order chi connectivity index (χ1) is 10.1. The summed E-state index contributed by atoms with van der Waals surface area (Å²) < 4.78 is 6.79. The number of hydrogen-bond acceptors (Lipinski definition) is 3. The summed E-state index contributed by atoms with van der Waals surface area (Å²) in [6.45, 7) is 6.68. The Kier molecular flexibility index (Phi) is 6.21. The van der Waals surface area contributed by atoms with Crippen LogP contribution in [0.3, 0.4) is 0 Å². The van der Waals surface area contributed by atoms with Gasteiger partial charge in [0.15, 0.2) is 0 Å². The zero-order chi connectivity index (χ0) is 15.1. The molecule has 1 heterocycles. The molecule has 21 heavy (non-hydrogen) atoms. The maximum atomic E-state index is 5.74. The molecule has 1 aromatic heterocycles. The number of nitrogens with zero attached hydrogens (tertiary/aromatic N) is 1. The average Bonchev–Trinajstić information content (AvgIpc) is 2.47. The lowest BCUT2D eigenvalue weighted by Gasteiger charge is -2.09. The molecule has 0 atom stereocenters. The van der Waals surface area contributed by atoms with Crippen molar-refractivity contribution < 1.29 is 4.74 Å². The van der Waals surface area contributed by atoms with Crippen molar-refractivity contribution in [1.29, 1.82) is 0 Å². The van der Waals surface area contributed by atoms with Crippen LogP contribution in [-0.2, 0) is 13.2 Å². The Morgan fingerprint density at radius 2 is 1.81 bits per heavy atom. The van der Waals surface area contributed by atoms with Crippen LogP contribution in [0.4, 0.5) is 0 Å². The largest absolute Gasteiger partial charge is 0.487 e. The third-order valence-electron chi connectivity index (χ3n) is 2.92. The van der Waals surface area contributed by atoms with Crippen molar-refractivity contribution in [2.24, 2.45) is 5.92 Å². The van der Waals surface area contributed by atoms with Crippen molar-refractivity contribution in [2.45, 2.75) is 27.0 Å². The second kappa shape index (κ2) is 8.15. The molecule has 0 aliphatic rings. The van der Waals surface area contributed by atoms with Gasteiger partial charge in [0.1, 0.15) is 12.4 Å². The summed E-state index contributed by atoms with van der Waals surface area (Å²) in [6, 6.07) is 13.9. The highest BCUT2D eigenvalue weighted by Crippen LogP contribution is 2.17. The first-order valence-electron chi connectivity index (χ1n) is 7.17. The molecule has 0 spiro atoms. The van der Waals surface area contributed by atoms with E-state index in [1.165, 1.54) is 0 Å². The van der Waals surface area contributed by atoms with E-state index in [1.807, 2.05) is 42.5 Å². The highest BCUT2D eigenvalue weighted by atomic mass is 79.9. The fourth-order valence-electron chi connectivity index (χ4n) is 1.89. The maximum absolute atomic E-state index is 5.74. The number of benzene rings is 1. The van der Waals surface area contributed by atoms with Crippen LogP contribution in [0.2, 0.25) is 0 Å². The van der Waals surface area contributed by atoms with E-state index >= 15 is 0 Å². The Labute approximate surface area is 134 Å². The predicted octanol–water partition coefficient (Wildman–Crippen LogP) is 4.17. The lowest BCUT2D eigenvalue weighted by molar-refractivity contribution is 0.301. The van der Waals surface area contributed by atoms with Gasteiger partial charge in [0, 0.05) is 11.0 Å². The minimum absolute atomic E-state index is 0.486. The van der Waals surface area contributed by atoms with Crippen LogP contribution in [0.5, 0.6) is 5.75 Å². The molecule has 112 valence electrons. The van der Waals surface area contributed by atoms with E-state index in [9.17, 15) is 0 Å². The Morgan fingerprint density at radius 1 is 1.10 bits per heavy atom. The van der Waals surface area contributed by atoms with E-state index in [4.69, 9.17) is 4.74 Å². The van der Waals surface area contributed by atoms with Gasteiger partial charge in [-0.3, -0.25) is 4.98 Å². The van der Waals surface area contributed by atoms with Crippen LogP contribution in [0, 0.1) is 5.92 Å². The van der Waals surface area contributed by atoms with Gasteiger partial charge in [-0.05, 0) is 48.9 Å². The van der Waals surface area contributed by atoms with Crippen LogP contribution >= 0.6 is 15.9 Å². The number of rotatable bonds is 7. The Morgan fingerprint density at radius 3 is 2.52 bits per heavy atom. The summed E-state index contributed by atoms with van der Waals surface area (Å²) in [5.74, 6) is 1.50.